The van der Waals surface area contributed by atoms with E-state index in [0.29, 0.717) is 39.7 Å². The summed E-state index contributed by atoms with van der Waals surface area (Å²) in [4.78, 5) is 38.0. The summed E-state index contributed by atoms with van der Waals surface area (Å²) in [5.74, 6) is -0.298. The number of aromatic nitrogens is 4. The molecule has 0 spiro atoms. The van der Waals surface area contributed by atoms with Gasteiger partial charge in [0.15, 0.2) is 5.16 Å². The lowest BCUT2D eigenvalue weighted by Gasteiger charge is -2.11. The lowest BCUT2D eigenvalue weighted by Crippen LogP contribution is -2.23. The molecule has 186 valence electrons. The average molecular weight is 525 g/mol. The van der Waals surface area contributed by atoms with E-state index < -0.39 is 10.0 Å². The molecule has 2 heterocycles. The number of para-hydroxylation sites is 1. The first-order valence-corrected chi connectivity index (χ1v) is 13.5. The van der Waals surface area contributed by atoms with Crippen molar-refractivity contribution < 1.29 is 13.2 Å². The van der Waals surface area contributed by atoms with Crippen molar-refractivity contribution in [3.8, 4) is 0 Å². The Hall–Kier alpha value is -3.77. The van der Waals surface area contributed by atoms with Gasteiger partial charge in [-0.3, -0.25) is 14.2 Å². The third-order valence-electron chi connectivity index (χ3n) is 5.13. The number of fused-ring (bicyclic) bond motifs is 1. The molecule has 0 aliphatic carbocycles. The molecular formula is C24H24N6O4S2. The Morgan fingerprint density at radius 2 is 1.67 bits per heavy atom. The number of anilines is 2. The van der Waals surface area contributed by atoms with Crippen LogP contribution in [0, 0.1) is 13.8 Å². The van der Waals surface area contributed by atoms with Gasteiger partial charge in [0.25, 0.3) is 15.6 Å². The van der Waals surface area contributed by atoms with Gasteiger partial charge in [-0.1, -0.05) is 23.9 Å². The second kappa shape index (κ2) is 10.5. The van der Waals surface area contributed by atoms with E-state index in [2.05, 4.69) is 25.0 Å². The molecule has 2 N–H and O–H groups in total. The molecule has 0 saturated carbocycles. The SMILES string of the molecule is CCn1c(SCC(=O)Nc2ccc(S(=O)(=O)Nc3nc(C)cc(C)n3)cc2)nc2ccccc2c1=O. The molecule has 0 unspecified atom stereocenters. The Kier molecular flexibility index (Phi) is 7.36. The molecule has 2 aromatic heterocycles. The zero-order valence-electron chi connectivity index (χ0n) is 19.8. The second-order valence-corrected chi connectivity index (χ2v) is 10.5. The van der Waals surface area contributed by atoms with Crippen molar-refractivity contribution >= 4 is 50.2 Å². The van der Waals surface area contributed by atoms with E-state index in [4.69, 9.17) is 0 Å². The lowest BCUT2D eigenvalue weighted by molar-refractivity contribution is -0.113. The van der Waals surface area contributed by atoms with Gasteiger partial charge in [-0.25, -0.2) is 28.1 Å². The van der Waals surface area contributed by atoms with Crippen molar-refractivity contribution in [2.75, 3.05) is 15.8 Å². The molecule has 0 saturated heterocycles. The zero-order valence-corrected chi connectivity index (χ0v) is 21.5. The van der Waals surface area contributed by atoms with Crippen molar-refractivity contribution in [3.63, 3.8) is 0 Å². The molecule has 0 radical (unpaired) electrons. The van der Waals surface area contributed by atoms with Crippen molar-refractivity contribution in [1.82, 2.24) is 19.5 Å². The monoisotopic (exact) mass is 524 g/mol. The highest BCUT2D eigenvalue weighted by molar-refractivity contribution is 7.99. The fraction of sp³-hybridized carbons (Fsp3) is 0.208. The molecule has 4 aromatic rings. The molecular weight excluding hydrogens is 500 g/mol. The largest absolute Gasteiger partial charge is 0.325 e. The summed E-state index contributed by atoms with van der Waals surface area (Å²) in [6, 6.07) is 14.6. The first-order chi connectivity index (χ1) is 17.2. The topological polar surface area (TPSA) is 136 Å². The van der Waals surface area contributed by atoms with Gasteiger partial charge in [-0.2, -0.15) is 0 Å². The highest BCUT2D eigenvalue weighted by Crippen LogP contribution is 2.20. The number of carbonyl (C=O) groups is 1. The molecule has 0 atom stereocenters. The fourth-order valence-electron chi connectivity index (χ4n) is 3.53. The summed E-state index contributed by atoms with van der Waals surface area (Å²) >= 11 is 1.16. The van der Waals surface area contributed by atoms with Crippen LogP contribution in [-0.4, -0.2) is 39.6 Å². The lowest BCUT2D eigenvalue weighted by atomic mass is 10.2. The molecule has 0 aliphatic rings. The van der Waals surface area contributed by atoms with Gasteiger partial charge in [0.1, 0.15) is 0 Å². The van der Waals surface area contributed by atoms with Gasteiger partial charge in [-0.15, -0.1) is 0 Å². The van der Waals surface area contributed by atoms with E-state index in [0.717, 1.165) is 11.8 Å². The van der Waals surface area contributed by atoms with E-state index in [1.54, 1.807) is 44.2 Å². The summed E-state index contributed by atoms with van der Waals surface area (Å²) in [7, 11) is -3.90. The number of amides is 1. The van der Waals surface area contributed by atoms with Gasteiger partial charge in [0.05, 0.1) is 21.6 Å². The number of nitrogens with zero attached hydrogens (tertiary/aromatic N) is 4. The normalized spacial score (nSPS) is 11.4. The molecule has 2 aromatic carbocycles. The molecule has 1 amide bonds. The molecule has 10 nitrogen and oxygen atoms in total. The molecule has 0 fully saturated rings. The van der Waals surface area contributed by atoms with Crippen LogP contribution in [0.1, 0.15) is 18.3 Å². The van der Waals surface area contributed by atoms with E-state index >= 15 is 0 Å². The minimum atomic E-state index is -3.90. The van der Waals surface area contributed by atoms with Crippen molar-refractivity contribution in [2.24, 2.45) is 0 Å². The predicted octanol–water partition coefficient (Wildman–Crippen LogP) is 3.35. The molecule has 0 bridgehead atoms. The van der Waals surface area contributed by atoms with E-state index in [1.165, 1.54) is 28.8 Å². The maximum absolute atomic E-state index is 12.7. The summed E-state index contributed by atoms with van der Waals surface area (Å²) in [5.41, 5.74) is 2.15. The predicted molar refractivity (Wildman–Crippen MR) is 140 cm³/mol. The van der Waals surface area contributed by atoms with Crippen molar-refractivity contribution in [2.45, 2.75) is 37.4 Å². The smallest absolute Gasteiger partial charge is 0.264 e. The quantitative estimate of drug-likeness (QED) is 0.265. The average Bonchev–Trinajstić information content (AvgIpc) is 2.82. The highest BCUT2D eigenvalue weighted by Gasteiger charge is 2.17. The number of benzene rings is 2. The minimum absolute atomic E-state index is 0.00459. The van der Waals surface area contributed by atoms with Crippen molar-refractivity contribution in [3.05, 3.63) is 76.3 Å². The third-order valence-corrected chi connectivity index (χ3v) is 7.45. The summed E-state index contributed by atoms with van der Waals surface area (Å²) in [6.07, 6.45) is 0. The Morgan fingerprint density at radius 1 is 1.00 bits per heavy atom. The van der Waals surface area contributed by atoms with Crippen LogP contribution in [-0.2, 0) is 21.4 Å². The number of nitrogens with one attached hydrogen (secondary N) is 2. The molecule has 36 heavy (non-hydrogen) atoms. The van der Waals surface area contributed by atoms with E-state index in [9.17, 15) is 18.0 Å². The van der Waals surface area contributed by atoms with Gasteiger partial charge < -0.3 is 5.32 Å². The molecule has 4 rings (SSSR count). The number of sulfonamides is 1. The van der Waals surface area contributed by atoms with Gasteiger partial charge in [0, 0.05) is 23.6 Å². The number of rotatable bonds is 8. The fourth-order valence-corrected chi connectivity index (χ4v) is 5.34. The number of carbonyl (C=O) groups excluding carboxylic acids is 1. The Morgan fingerprint density at radius 3 is 2.33 bits per heavy atom. The third kappa shape index (κ3) is 5.71. The van der Waals surface area contributed by atoms with Crippen LogP contribution in [0.3, 0.4) is 0 Å². The van der Waals surface area contributed by atoms with Crippen molar-refractivity contribution in [1.29, 1.82) is 0 Å². The number of thioether (sulfide) groups is 1. The summed E-state index contributed by atoms with van der Waals surface area (Å²) in [5, 5.41) is 3.72. The maximum Gasteiger partial charge on any atom is 0.264 e. The Bertz CT molecular complexity index is 1580. The summed E-state index contributed by atoms with van der Waals surface area (Å²) < 4.78 is 29.3. The number of hydrogen-bond acceptors (Lipinski definition) is 8. The van der Waals surface area contributed by atoms with Crippen LogP contribution in [0.25, 0.3) is 10.9 Å². The summed E-state index contributed by atoms with van der Waals surface area (Å²) in [6.45, 7) is 5.77. The number of hydrogen-bond donors (Lipinski definition) is 2. The zero-order chi connectivity index (χ0) is 25.9. The minimum Gasteiger partial charge on any atom is -0.325 e. The van der Waals surface area contributed by atoms with E-state index in [-0.39, 0.29) is 28.1 Å². The van der Waals surface area contributed by atoms with Gasteiger partial charge in [0.2, 0.25) is 11.9 Å². The van der Waals surface area contributed by atoms with Gasteiger partial charge in [-0.05, 0) is 63.2 Å². The Labute approximate surface area is 212 Å². The highest BCUT2D eigenvalue weighted by atomic mass is 32.2. The van der Waals surface area contributed by atoms with E-state index in [1.807, 2.05) is 6.92 Å². The first kappa shape index (κ1) is 25.3. The van der Waals surface area contributed by atoms with Crippen LogP contribution >= 0.6 is 11.8 Å². The number of aryl methyl sites for hydroxylation is 2. The van der Waals surface area contributed by atoms with Crippen LogP contribution in [0.4, 0.5) is 11.6 Å². The van der Waals surface area contributed by atoms with Crippen LogP contribution < -0.4 is 15.6 Å². The maximum atomic E-state index is 12.7. The van der Waals surface area contributed by atoms with Crippen LogP contribution in [0.15, 0.2) is 69.4 Å². The standard InChI is InChI=1S/C24H24N6O4S2/c1-4-30-22(32)19-7-5-6-8-20(19)28-24(30)35-14-21(31)27-17-9-11-18(12-10-17)36(33,34)29-23-25-15(2)13-16(3)26-23/h5-13H,4,14H2,1-3H3,(H,27,31)(H,25,26,29). The Balaban J connectivity index is 1.42. The molecule has 0 aliphatic heterocycles. The van der Waals surface area contributed by atoms with Gasteiger partial charge >= 0.3 is 0 Å². The van der Waals surface area contributed by atoms with Crippen LogP contribution in [0.2, 0.25) is 0 Å². The first-order valence-electron chi connectivity index (χ1n) is 11.0. The molecule has 12 heteroatoms. The van der Waals surface area contributed by atoms with Crippen LogP contribution in [0.5, 0.6) is 0 Å². The second-order valence-electron chi connectivity index (χ2n) is 7.90.